The van der Waals surface area contributed by atoms with Crippen molar-refractivity contribution in [3.8, 4) is 5.75 Å². The predicted octanol–water partition coefficient (Wildman–Crippen LogP) is 1.51. The molecule has 2 rings (SSSR count). The number of amides is 1. The fourth-order valence-corrected chi connectivity index (χ4v) is 3.22. The molecule has 2 N–H and O–H groups in total. The SMILES string of the molecule is COc1cc(C)sc1C(=O)NCCCN1CCNCC1.Cl. The zero-order chi connectivity index (χ0) is 14.4. The third kappa shape index (κ3) is 5.47. The minimum absolute atomic E-state index is 0. The lowest BCUT2D eigenvalue weighted by molar-refractivity contribution is 0.0952. The summed E-state index contributed by atoms with van der Waals surface area (Å²) < 4.78 is 5.22. The molecular weight excluding hydrogens is 310 g/mol. The van der Waals surface area contributed by atoms with Crippen LogP contribution in [0.4, 0.5) is 0 Å². The van der Waals surface area contributed by atoms with Gasteiger partial charge in [0, 0.05) is 37.6 Å². The summed E-state index contributed by atoms with van der Waals surface area (Å²) in [5.41, 5.74) is 0. The lowest BCUT2D eigenvalue weighted by Gasteiger charge is -2.27. The van der Waals surface area contributed by atoms with Gasteiger partial charge in [-0.15, -0.1) is 23.7 Å². The number of nitrogens with one attached hydrogen (secondary N) is 2. The average molecular weight is 334 g/mol. The summed E-state index contributed by atoms with van der Waals surface area (Å²) in [7, 11) is 1.60. The molecule has 1 aromatic rings. The molecule has 1 aliphatic heterocycles. The van der Waals surface area contributed by atoms with Crippen LogP contribution in [0.1, 0.15) is 21.0 Å². The number of nitrogens with zero attached hydrogens (tertiary/aromatic N) is 1. The van der Waals surface area contributed by atoms with E-state index in [1.807, 2.05) is 13.0 Å². The summed E-state index contributed by atoms with van der Waals surface area (Å²) >= 11 is 1.48. The van der Waals surface area contributed by atoms with Crippen LogP contribution in [0.3, 0.4) is 0 Å². The highest BCUT2D eigenvalue weighted by Crippen LogP contribution is 2.28. The number of rotatable bonds is 6. The maximum atomic E-state index is 12.1. The van der Waals surface area contributed by atoms with Crippen molar-refractivity contribution in [2.45, 2.75) is 13.3 Å². The summed E-state index contributed by atoms with van der Waals surface area (Å²) in [5, 5.41) is 6.31. The Morgan fingerprint density at radius 1 is 1.48 bits per heavy atom. The molecule has 1 saturated heterocycles. The van der Waals surface area contributed by atoms with Crippen molar-refractivity contribution in [3.63, 3.8) is 0 Å². The molecule has 0 spiro atoms. The number of carbonyl (C=O) groups is 1. The van der Waals surface area contributed by atoms with E-state index in [2.05, 4.69) is 15.5 Å². The van der Waals surface area contributed by atoms with Crippen LogP contribution in [0, 0.1) is 6.92 Å². The van der Waals surface area contributed by atoms with Gasteiger partial charge in [-0.3, -0.25) is 4.79 Å². The van der Waals surface area contributed by atoms with Crippen molar-refractivity contribution >= 4 is 29.7 Å². The molecule has 2 heterocycles. The Labute approximate surface area is 136 Å². The molecule has 0 radical (unpaired) electrons. The summed E-state index contributed by atoms with van der Waals surface area (Å²) in [4.78, 5) is 16.3. The zero-order valence-electron chi connectivity index (χ0n) is 12.6. The fourth-order valence-electron chi connectivity index (χ4n) is 2.32. The minimum atomic E-state index is -0.0275. The lowest BCUT2D eigenvalue weighted by Crippen LogP contribution is -2.44. The van der Waals surface area contributed by atoms with Crippen molar-refractivity contribution < 1.29 is 9.53 Å². The Morgan fingerprint density at radius 2 is 2.19 bits per heavy atom. The van der Waals surface area contributed by atoms with E-state index >= 15 is 0 Å². The van der Waals surface area contributed by atoms with Crippen LogP contribution in [-0.4, -0.2) is 57.2 Å². The van der Waals surface area contributed by atoms with Crippen molar-refractivity contribution in [1.29, 1.82) is 0 Å². The second-order valence-electron chi connectivity index (χ2n) is 4.96. The van der Waals surface area contributed by atoms with Crippen LogP contribution in [-0.2, 0) is 0 Å². The molecule has 1 amide bonds. The first kappa shape index (κ1) is 18.2. The molecule has 1 aliphatic rings. The highest BCUT2D eigenvalue weighted by atomic mass is 35.5. The standard InChI is InChI=1S/C14H23N3O2S.ClH/c1-11-10-12(19-2)13(20-11)14(18)16-4-3-7-17-8-5-15-6-9-17;/h10,15H,3-9H2,1-2H3,(H,16,18);1H. The van der Waals surface area contributed by atoms with E-state index in [4.69, 9.17) is 4.74 Å². The topological polar surface area (TPSA) is 53.6 Å². The molecule has 1 fully saturated rings. The van der Waals surface area contributed by atoms with Gasteiger partial charge in [-0.2, -0.15) is 0 Å². The van der Waals surface area contributed by atoms with Gasteiger partial charge < -0.3 is 20.3 Å². The summed E-state index contributed by atoms with van der Waals surface area (Å²) in [6, 6.07) is 1.90. The first-order valence-electron chi connectivity index (χ1n) is 7.06. The molecule has 5 nitrogen and oxygen atoms in total. The van der Waals surface area contributed by atoms with Gasteiger partial charge >= 0.3 is 0 Å². The second kappa shape index (κ2) is 9.25. The van der Waals surface area contributed by atoms with Crippen LogP contribution in [0.25, 0.3) is 0 Å². The Bertz CT molecular complexity index is 447. The van der Waals surface area contributed by atoms with E-state index < -0.39 is 0 Å². The minimum Gasteiger partial charge on any atom is -0.495 e. The highest BCUT2D eigenvalue weighted by molar-refractivity contribution is 7.14. The molecule has 0 bridgehead atoms. The number of aryl methyl sites for hydroxylation is 1. The molecule has 21 heavy (non-hydrogen) atoms. The first-order valence-corrected chi connectivity index (χ1v) is 7.88. The predicted molar refractivity (Wildman–Crippen MR) is 89.1 cm³/mol. The first-order chi connectivity index (χ1) is 9.70. The largest absolute Gasteiger partial charge is 0.495 e. The molecule has 0 atom stereocenters. The number of hydrogen-bond donors (Lipinski definition) is 2. The van der Waals surface area contributed by atoms with Crippen LogP contribution in [0.2, 0.25) is 0 Å². The van der Waals surface area contributed by atoms with Crippen molar-refractivity contribution in [3.05, 3.63) is 15.8 Å². The Morgan fingerprint density at radius 3 is 2.86 bits per heavy atom. The van der Waals surface area contributed by atoms with Crippen molar-refractivity contribution in [2.75, 3.05) is 46.4 Å². The van der Waals surface area contributed by atoms with E-state index in [0.717, 1.165) is 44.0 Å². The monoisotopic (exact) mass is 333 g/mol. The van der Waals surface area contributed by atoms with Gasteiger partial charge in [-0.05, 0) is 26.0 Å². The van der Waals surface area contributed by atoms with E-state index in [9.17, 15) is 4.79 Å². The van der Waals surface area contributed by atoms with Gasteiger partial charge in [0.25, 0.3) is 5.91 Å². The van der Waals surface area contributed by atoms with E-state index in [1.165, 1.54) is 11.3 Å². The van der Waals surface area contributed by atoms with Crippen LogP contribution >= 0.6 is 23.7 Å². The number of thiophene rings is 1. The number of carbonyl (C=O) groups excluding carboxylic acids is 1. The Balaban J connectivity index is 0.00000220. The quantitative estimate of drug-likeness (QED) is 0.775. The number of hydrogen-bond acceptors (Lipinski definition) is 5. The molecule has 0 unspecified atom stereocenters. The molecule has 120 valence electrons. The van der Waals surface area contributed by atoms with Gasteiger partial charge in [0.2, 0.25) is 0 Å². The second-order valence-corrected chi connectivity index (χ2v) is 6.21. The van der Waals surface area contributed by atoms with Crippen LogP contribution in [0.5, 0.6) is 5.75 Å². The fraction of sp³-hybridized carbons (Fsp3) is 0.643. The zero-order valence-corrected chi connectivity index (χ0v) is 14.2. The summed E-state index contributed by atoms with van der Waals surface area (Å²) in [6.07, 6.45) is 0.985. The number of ether oxygens (including phenoxy) is 1. The number of methoxy groups -OCH3 is 1. The Hall–Kier alpha value is -0.820. The molecular formula is C14H24ClN3O2S. The number of halogens is 1. The van der Waals surface area contributed by atoms with Gasteiger partial charge in [0.15, 0.2) is 0 Å². The van der Waals surface area contributed by atoms with Gasteiger partial charge in [0.1, 0.15) is 10.6 Å². The van der Waals surface area contributed by atoms with E-state index in [-0.39, 0.29) is 18.3 Å². The van der Waals surface area contributed by atoms with E-state index in [1.54, 1.807) is 7.11 Å². The highest BCUT2D eigenvalue weighted by Gasteiger charge is 2.15. The molecule has 0 aromatic carbocycles. The maximum absolute atomic E-state index is 12.1. The van der Waals surface area contributed by atoms with Gasteiger partial charge in [0.05, 0.1) is 7.11 Å². The average Bonchev–Trinajstić information content (AvgIpc) is 2.86. The Kier molecular flexibility index (Phi) is 8.03. The van der Waals surface area contributed by atoms with Gasteiger partial charge in [-0.1, -0.05) is 0 Å². The summed E-state index contributed by atoms with van der Waals surface area (Å²) in [5.74, 6) is 0.646. The van der Waals surface area contributed by atoms with Crippen molar-refractivity contribution in [2.24, 2.45) is 0 Å². The summed E-state index contributed by atoms with van der Waals surface area (Å²) in [6.45, 7) is 8.08. The molecule has 0 saturated carbocycles. The van der Waals surface area contributed by atoms with E-state index in [0.29, 0.717) is 17.2 Å². The normalized spacial score (nSPS) is 15.3. The van der Waals surface area contributed by atoms with Crippen LogP contribution < -0.4 is 15.4 Å². The smallest absolute Gasteiger partial charge is 0.265 e. The number of piperazine rings is 1. The maximum Gasteiger partial charge on any atom is 0.265 e. The van der Waals surface area contributed by atoms with Crippen LogP contribution in [0.15, 0.2) is 6.07 Å². The van der Waals surface area contributed by atoms with Crippen molar-refractivity contribution in [1.82, 2.24) is 15.5 Å². The molecule has 7 heteroatoms. The third-order valence-corrected chi connectivity index (χ3v) is 4.42. The molecule has 1 aromatic heterocycles. The third-order valence-electron chi connectivity index (χ3n) is 3.39. The molecule has 0 aliphatic carbocycles. The lowest BCUT2D eigenvalue weighted by atomic mass is 10.3. The van der Waals surface area contributed by atoms with Gasteiger partial charge in [-0.25, -0.2) is 0 Å².